The highest BCUT2D eigenvalue weighted by Crippen LogP contribution is 2.18. The van der Waals surface area contributed by atoms with Crippen molar-refractivity contribution < 1.29 is 9.90 Å². The summed E-state index contributed by atoms with van der Waals surface area (Å²) in [5, 5.41) is 11.2. The van der Waals surface area contributed by atoms with Gasteiger partial charge in [-0.15, -0.1) is 0 Å². The van der Waals surface area contributed by atoms with Crippen molar-refractivity contribution in [3.05, 3.63) is 17.5 Å². The van der Waals surface area contributed by atoms with E-state index in [0.717, 1.165) is 17.7 Å². The lowest BCUT2D eigenvalue weighted by atomic mass is 10.0. The van der Waals surface area contributed by atoms with Crippen LogP contribution in [0.3, 0.4) is 0 Å². The minimum absolute atomic E-state index is 0.164. The van der Waals surface area contributed by atoms with Gasteiger partial charge in [0.1, 0.15) is 6.54 Å². The van der Waals surface area contributed by atoms with E-state index < -0.39 is 5.97 Å². The number of nitrogens with one attached hydrogen (secondary N) is 1. The number of carboxylic acid groups (broad SMARTS) is 1. The largest absolute Gasteiger partial charge is 0.480 e. The summed E-state index contributed by atoms with van der Waals surface area (Å²) >= 11 is 0. The second-order valence-electron chi connectivity index (χ2n) is 3.86. The van der Waals surface area contributed by atoms with Gasteiger partial charge in [-0.05, 0) is 17.9 Å². The molecule has 5 nitrogen and oxygen atoms in total. The molecule has 0 radical (unpaired) electrons. The van der Waals surface area contributed by atoms with E-state index in [2.05, 4.69) is 36.1 Å². The van der Waals surface area contributed by atoms with Crippen molar-refractivity contribution in [1.29, 1.82) is 0 Å². The molecule has 1 aromatic rings. The molecule has 16 heavy (non-hydrogen) atoms. The average molecular weight is 223 g/mol. The van der Waals surface area contributed by atoms with Crippen LogP contribution in [-0.4, -0.2) is 27.6 Å². The smallest absolute Gasteiger partial charge is 0.322 e. The topological polar surface area (TPSA) is 75.1 Å². The molecule has 2 N–H and O–H groups in total. The van der Waals surface area contributed by atoms with Crippen LogP contribution in [-0.2, 0) is 11.2 Å². The molecule has 0 unspecified atom stereocenters. The van der Waals surface area contributed by atoms with Gasteiger partial charge in [0.15, 0.2) is 0 Å². The predicted octanol–water partition coefficient (Wildman–Crippen LogP) is 1.66. The molecule has 0 fully saturated rings. The first-order valence-corrected chi connectivity index (χ1v) is 5.36. The fourth-order valence-corrected chi connectivity index (χ4v) is 1.43. The van der Waals surface area contributed by atoms with Crippen LogP contribution in [0.15, 0.2) is 6.20 Å². The summed E-state index contributed by atoms with van der Waals surface area (Å²) in [5.74, 6) is -0.235. The second-order valence-corrected chi connectivity index (χ2v) is 3.86. The molecule has 5 heteroatoms. The summed E-state index contributed by atoms with van der Waals surface area (Å²) in [6, 6.07) is 0. The molecular weight excluding hydrogens is 206 g/mol. The number of anilines is 1. The maximum atomic E-state index is 10.4. The molecule has 0 aromatic carbocycles. The monoisotopic (exact) mass is 223 g/mol. The standard InChI is InChI=1S/C11H17N3O2/c1-4-8-5-12-11(13-6-9(15)16)14-10(8)7(2)3/h5,7H,4,6H2,1-3H3,(H,15,16)(H,12,13,14). The van der Waals surface area contributed by atoms with E-state index >= 15 is 0 Å². The number of aliphatic carboxylic acids is 1. The number of hydrogen-bond donors (Lipinski definition) is 2. The van der Waals surface area contributed by atoms with Crippen LogP contribution >= 0.6 is 0 Å². The molecule has 1 rings (SSSR count). The van der Waals surface area contributed by atoms with Crippen molar-refractivity contribution in [2.24, 2.45) is 0 Å². The fraction of sp³-hybridized carbons (Fsp3) is 0.545. The van der Waals surface area contributed by atoms with Crippen LogP contribution in [0.2, 0.25) is 0 Å². The Morgan fingerprint density at radius 3 is 2.75 bits per heavy atom. The van der Waals surface area contributed by atoms with Crippen LogP contribution in [0.25, 0.3) is 0 Å². The first kappa shape index (κ1) is 12.4. The molecule has 88 valence electrons. The maximum absolute atomic E-state index is 10.4. The van der Waals surface area contributed by atoms with E-state index in [1.54, 1.807) is 6.20 Å². The zero-order valence-electron chi connectivity index (χ0n) is 9.82. The quantitative estimate of drug-likeness (QED) is 0.794. The van der Waals surface area contributed by atoms with E-state index in [0.29, 0.717) is 11.9 Å². The Kier molecular flexibility index (Phi) is 4.22. The van der Waals surface area contributed by atoms with E-state index in [4.69, 9.17) is 5.11 Å². The van der Waals surface area contributed by atoms with E-state index in [1.165, 1.54) is 0 Å². The molecule has 1 aromatic heterocycles. The molecule has 0 aliphatic carbocycles. The van der Waals surface area contributed by atoms with Crippen LogP contribution in [0, 0.1) is 0 Å². The number of nitrogens with zero attached hydrogens (tertiary/aromatic N) is 2. The Hall–Kier alpha value is -1.65. The van der Waals surface area contributed by atoms with E-state index in [-0.39, 0.29) is 6.54 Å². The van der Waals surface area contributed by atoms with Gasteiger partial charge in [-0.3, -0.25) is 4.79 Å². The highest BCUT2D eigenvalue weighted by atomic mass is 16.4. The number of aromatic nitrogens is 2. The Morgan fingerprint density at radius 1 is 1.56 bits per heavy atom. The van der Waals surface area contributed by atoms with Gasteiger partial charge >= 0.3 is 5.97 Å². The summed E-state index contributed by atoms with van der Waals surface area (Å²) in [5.41, 5.74) is 2.08. The summed E-state index contributed by atoms with van der Waals surface area (Å²) in [7, 11) is 0. The van der Waals surface area contributed by atoms with Gasteiger partial charge in [-0.1, -0.05) is 20.8 Å². The summed E-state index contributed by atoms with van der Waals surface area (Å²) in [4.78, 5) is 18.8. The molecule has 1 heterocycles. The number of carboxylic acids is 1. The van der Waals surface area contributed by atoms with Crippen molar-refractivity contribution in [1.82, 2.24) is 9.97 Å². The molecule has 0 saturated heterocycles. The number of carbonyl (C=O) groups is 1. The zero-order valence-corrected chi connectivity index (χ0v) is 9.82. The summed E-state index contributed by atoms with van der Waals surface area (Å²) in [6.45, 7) is 6.00. The van der Waals surface area contributed by atoms with Crippen molar-refractivity contribution >= 4 is 11.9 Å². The van der Waals surface area contributed by atoms with Crippen molar-refractivity contribution in [2.45, 2.75) is 33.1 Å². The summed E-state index contributed by atoms with van der Waals surface area (Å²) in [6.07, 6.45) is 2.64. The molecular formula is C11H17N3O2. The third-order valence-electron chi connectivity index (χ3n) is 2.22. The minimum atomic E-state index is -0.922. The van der Waals surface area contributed by atoms with Crippen LogP contribution < -0.4 is 5.32 Å². The molecule has 0 amide bonds. The maximum Gasteiger partial charge on any atom is 0.322 e. The van der Waals surface area contributed by atoms with Gasteiger partial charge in [0, 0.05) is 6.20 Å². The van der Waals surface area contributed by atoms with Crippen molar-refractivity contribution in [3.63, 3.8) is 0 Å². The fourth-order valence-electron chi connectivity index (χ4n) is 1.43. The SMILES string of the molecule is CCc1cnc(NCC(=O)O)nc1C(C)C. The highest BCUT2D eigenvalue weighted by Gasteiger charge is 2.09. The van der Waals surface area contributed by atoms with Gasteiger partial charge in [-0.25, -0.2) is 9.97 Å². The number of hydrogen-bond acceptors (Lipinski definition) is 4. The molecule has 0 aliphatic heterocycles. The van der Waals surface area contributed by atoms with Crippen molar-refractivity contribution in [3.8, 4) is 0 Å². The van der Waals surface area contributed by atoms with E-state index in [1.807, 2.05) is 0 Å². The Morgan fingerprint density at radius 2 is 2.25 bits per heavy atom. The first-order chi connectivity index (χ1) is 7.54. The Labute approximate surface area is 94.9 Å². The lowest BCUT2D eigenvalue weighted by molar-refractivity contribution is -0.134. The van der Waals surface area contributed by atoms with Crippen molar-refractivity contribution in [2.75, 3.05) is 11.9 Å². The van der Waals surface area contributed by atoms with Crippen LogP contribution in [0.5, 0.6) is 0 Å². The third kappa shape index (κ3) is 3.18. The third-order valence-corrected chi connectivity index (χ3v) is 2.22. The highest BCUT2D eigenvalue weighted by molar-refractivity contribution is 5.71. The molecule has 0 spiro atoms. The number of rotatable bonds is 5. The van der Waals surface area contributed by atoms with E-state index in [9.17, 15) is 4.79 Å². The van der Waals surface area contributed by atoms with Gasteiger partial charge in [0.2, 0.25) is 5.95 Å². The molecule has 0 atom stereocenters. The van der Waals surface area contributed by atoms with Crippen LogP contribution in [0.1, 0.15) is 37.9 Å². The van der Waals surface area contributed by atoms with Gasteiger partial charge in [0.25, 0.3) is 0 Å². The summed E-state index contributed by atoms with van der Waals surface area (Å²) < 4.78 is 0. The lowest BCUT2D eigenvalue weighted by Gasteiger charge is -2.11. The molecule has 0 bridgehead atoms. The van der Waals surface area contributed by atoms with Gasteiger partial charge in [0.05, 0.1) is 5.69 Å². The minimum Gasteiger partial charge on any atom is -0.480 e. The van der Waals surface area contributed by atoms with Gasteiger partial charge in [-0.2, -0.15) is 0 Å². The normalized spacial score (nSPS) is 10.5. The zero-order chi connectivity index (χ0) is 12.1. The first-order valence-electron chi connectivity index (χ1n) is 5.36. The Balaban J connectivity index is 2.89. The predicted molar refractivity (Wildman–Crippen MR) is 61.6 cm³/mol. The molecule has 0 saturated carbocycles. The number of aryl methyl sites for hydroxylation is 1. The average Bonchev–Trinajstić information content (AvgIpc) is 2.25. The molecule has 0 aliphatic rings. The Bertz CT molecular complexity index is 377. The van der Waals surface area contributed by atoms with Crippen LogP contribution in [0.4, 0.5) is 5.95 Å². The lowest BCUT2D eigenvalue weighted by Crippen LogP contribution is -2.15. The van der Waals surface area contributed by atoms with Gasteiger partial charge < -0.3 is 10.4 Å². The second kappa shape index (κ2) is 5.44.